The zero-order chi connectivity index (χ0) is 13.0. The van der Waals surface area contributed by atoms with E-state index in [0.717, 1.165) is 42.4 Å². The fraction of sp³-hybridized carbons (Fsp3) is 0.571. The lowest BCUT2D eigenvalue weighted by atomic mass is 10.1. The molecule has 1 aromatic rings. The maximum atomic E-state index is 6.16. The highest BCUT2D eigenvalue weighted by Crippen LogP contribution is 2.26. The topological polar surface area (TPSA) is 33.3 Å². The summed E-state index contributed by atoms with van der Waals surface area (Å²) in [6.45, 7) is 5.16. The molecular formula is C14H21ClN2O. The van der Waals surface area contributed by atoms with Gasteiger partial charge in [0.15, 0.2) is 0 Å². The Balaban J connectivity index is 1.93. The normalized spacial score (nSPS) is 19.2. The summed E-state index contributed by atoms with van der Waals surface area (Å²) in [7, 11) is 1.71. The molecule has 3 nitrogen and oxygen atoms in total. The van der Waals surface area contributed by atoms with Crippen LogP contribution in [-0.4, -0.2) is 32.8 Å². The van der Waals surface area contributed by atoms with Gasteiger partial charge in [-0.3, -0.25) is 0 Å². The molecule has 1 aliphatic heterocycles. The zero-order valence-electron chi connectivity index (χ0n) is 11.1. The second-order valence-corrected chi connectivity index (χ2v) is 5.21. The van der Waals surface area contributed by atoms with E-state index < -0.39 is 0 Å². The van der Waals surface area contributed by atoms with Crippen LogP contribution in [0.2, 0.25) is 5.02 Å². The summed E-state index contributed by atoms with van der Waals surface area (Å²) in [6.07, 6.45) is 2.16. The molecule has 1 unspecified atom stereocenters. The molecule has 2 rings (SSSR count). The fourth-order valence-corrected chi connectivity index (χ4v) is 2.51. The molecule has 1 aliphatic rings. The summed E-state index contributed by atoms with van der Waals surface area (Å²) in [5.74, 6) is 0.934. The molecule has 0 aliphatic carbocycles. The van der Waals surface area contributed by atoms with Gasteiger partial charge in [0.1, 0.15) is 5.75 Å². The number of nitrogens with one attached hydrogen (secondary N) is 2. The van der Waals surface area contributed by atoms with Gasteiger partial charge in [0.2, 0.25) is 0 Å². The Morgan fingerprint density at radius 3 is 3.00 bits per heavy atom. The first-order valence-electron chi connectivity index (χ1n) is 6.48. The zero-order valence-corrected chi connectivity index (χ0v) is 11.8. The minimum Gasteiger partial charge on any atom is -0.496 e. The van der Waals surface area contributed by atoms with E-state index in [1.54, 1.807) is 7.11 Å². The van der Waals surface area contributed by atoms with Gasteiger partial charge in [0, 0.05) is 17.6 Å². The number of halogens is 1. The Kier molecular flexibility index (Phi) is 4.87. The average Bonchev–Trinajstić information content (AvgIpc) is 2.86. The minimum absolute atomic E-state index is 0.608. The number of rotatable bonds is 5. The Bertz CT molecular complexity index is 403. The van der Waals surface area contributed by atoms with Crippen molar-refractivity contribution in [2.75, 3.05) is 26.7 Å². The first kappa shape index (κ1) is 13.7. The molecule has 2 N–H and O–H groups in total. The molecule has 0 radical (unpaired) electrons. The van der Waals surface area contributed by atoms with Gasteiger partial charge in [-0.05, 0) is 56.1 Å². The molecule has 1 heterocycles. The molecule has 4 heteroatoms. The molecule has 0 aromatic heterocycles. The predicted molar refractivity (Wildman–Crippen MR) is 75.7 cm³/mol. The molecular weight excluding hydrogens is 248 g/mol. The first-order chi connectivity index (χ1) is 8.70. The van der Waals surface area contributed by atoms with E-state index in [0.29, 0.717) is 6.04 Å². The van der Waals surface area contributed by atoms with Crippen molar-refractivity contribution in [1.82, 2.24) is 10.6 Å². The van der Waals surface area contributed by atoms with Crippen LogP contribution in [0.25, 0.3) is 0 Å². The maximum absolute atomic E-state index is 6.16. The van der Waals surface area contributed by atoms with E-state index in [9.17, 15) is 0 Å². The molecule has 0 bridgehead atoms. The van der Waals surface area contributed by atoms with Crippen LogP contribution in [0.1, 0.15) is 17.5 Å². The second-order valence-electron chi connectivity index (χ2n) is 4.81. The predicted octanol–water partition coefficient (Wildman–Crippen LogP) is 2.15. The van der Waals surface area contributed by atoms with Crippen molar-refractivity contribution in [2.24, 2.45) is 0 Å². The maximum Gasteiger partial charge on any atom is 0.122 e. The molecule has 18 heavy (non-hydrogen) atoms. The monoisotopic (exact) mass is 268 g/mol. The SMILES string of the molecule is COc1cc(C)c(Cl)cc1CCNC1CCNC1. The van der Waals surface area contributed by atoms with Crippen molar-refractivity contribution in [3.05, 3.63) is 28.3 Å². The first-order valence-corrected chi connectivity index (χ1v) is 6.85. The number of ether oxygens (including phenoxy) is 1. The molecule has 0 spiro atoms. The van der Waals surface area contributed by atoms with Gasteiger partial charge < -0.3 is 15.4 Å². The van der Waals surface area contributed by atoms with E-state index in [4.69, 9.17) is 16.3 Å². The van der Waals surface area contributed by atoms with Crippen LogP contribution in [-0.2, 0) is 6.42 Å². The number of methoxy groups -OCH3 is 1. The summed E-state index contributed by atoms with van der Waals surface area (Å²) in [6, 6.07) is 4.64. The van der Waals surface area contributed by atoms with E-state index in [-0.39, 0.29) is 0 Å². The molecule has 0 amide bonds. The fourth-order valence-electron chi connectivity index (χ4n) is 2.32. The van der Waals surface area contributed by atoms with Crippen molar-refractivity contribution < 1.29 is 4.74 Å². The molecule has 0 saturated carbocycles. The van der Waals surface area contributed by atoms with E-state index in [1.165, 1.54) is 12.0 Å². The highest BCUT2D eigenvalue weighted by Gasteiger charge is 2.13. The highest BCUT2D eigenvalue weighted by atomic mass is 35.5. The van der Waals surface area contributed by atoms with Gasteiger partial charge in [-0.15, -0.1) is 0 Å². The van der Waals surface area contributed by atoms with Gasteiger partial charge in [0.25, 0.3) is 0 Å². The van der Waals surface area contributed by atoms with Crippen molar-refractivity contribution in [2.45, 2.75) is 25.8 Å². The van der Waals surface area contributed by atoms with Crippen molar-refractivity contribution in [3.63, 3.8) is 0 Å². The molecule has 1 atom stereocenters. The van der Waals surface area contributed by atoms with E-state index in [2.05, 4.69) is 10.6 Å². The van der Waals surface area contributed by atoms with Crippen molar-refractivity contribution >= 4 is 11.6 Å². The second kappa shape index (κ2) is 6.41. The third kappa shape index (κ3) is 3.37. The Hall–Kier alpha value is -0.770. The van der Waals surface area contributed by atoms with Crippen LogP contribution in [0.3, 0.4) is 0 Å². The van der Waals surface area contributed by atoms with Crippen LogP contribution in [0.5, 0.6) is 5.75 Å². The van der Waals surface area contributed by atoms with Crippen molar-refractivity contribution in [1.29, 1.82) is 0 Å². The molecule has 1 aromatic carbocycles. The van der Waals surface area contributed by atoms with E-state index in [1.807, 2.05) is 19.1 Å². The molecule has 100 valence electrons. The Morgan fingerprint density at radius 2 is 2.33 bits per heavy atom. The average molecular weight is 269 g/mol. The summed E-state index contributed by atoms with van der Waals surface area (Å²) in [4.78, 5) is 0. The highest BCUT2D eigenvalue weighted by molar-refractivity contribution is 6.31. The Morgan fingerprint density at radius 1 is 1.50 bits per heavy atom. The smallest absolute Gasteiger partial charge is 0.122 e. The number of hydrogen-bond acceptors (Lipinski definition) is 3. The lowest BCUT2D eigenvalue weighted by Gasteiger charge is -2.14. The summed E-state index contributed by atoms with van der Waals surface area (Å²) in [5.41, 5.74) is 2.23. The van der Waals surface area contributed by atoms with Gasteiger partial charge in [-0.2, -0.15) is 0 Å². The van der Waals surface area contributed by atoms with Crippen molar-refractivity contribution in [3.8, 4) is 5.75 Å². The van der Waals surface area contributed by atoms with Gasteiger partial charge >= 0.3 is 0 Å². The van der Waals surface area contributed by atoms with Gasteiger partial charge in [0.05, 0.1) is 7.11 Å². The number of hydrogen-bond donors (Lipinski definition) is 2. The lowest BCUT2D eigenvalue weighted by molar-refractivity contribution is 0.408. The van der Waals surface area contributed by atoms with E-state index >= 15 is 0 Å². The van der Waals surface area contributed by atoms with Crippen LogP contribution in [0.4, 0.5) is 0 Å². The number of aryl methyl sites for hydroxylation is 1. The molecule has 1 fully saturated rings. The minimum atomic E-state index is 0.608. The lowest BCUT2D eigenvalue weighted by Crippen LogP contribution is -2.32. The van der Waals surface area contributed by atoms with Gasteiger partial charge in [-0.25, -0.2) is 0 Å². The molecule has 1 saturated heterocycles. The standard InChI is InChI=1S/C14H21ClN2O/c1-10-7-14(18-2)11(8-13(10)15)3-6-17-12-4-5-16-9-12/h7-8,12,16-17H,3-6,9H2,1-2H3. The summed E-state index contributed by atoms with van der Waals surface area (Å²) >= 11 is 6.16. The van der Waals surface area contributed by atoms with Crippen LogP contribution >= 0.6 is 11.6 Å². The summed E-state index contributed by atoms with van der Waals surface area (Å²) < 4.78 is 5.40. The third-order valence-corrected chi connectivity index (χ3v) is 3.86. The Labute approximate surface area is 114 Å². The van der Waals surface area contributed by atoms with Crippen LogP contribution < -0.4 is 15.4 Å². The van der Waals surface area contributed by atoms with Gasteiger partial charge in [-0.1, -0.05) is 11.6 Å². The quantitative estimate of drug-likeness (QED) is 0.859. The van der Waals surface area contributed by atoms with Crippen LogP contribution in [0, 0.1) is 6.92 Å². The largest absolute Gasteiger partial charge is 0.496 e. The summed E-state index contributed by atoms with van der Waals surface area (Å²) in [5, 5.41) is 7.72. The van der Waals surface area contributed by atoms with Crippen LogP contribution in [0.15, 0.2) is 12.1 Å². The number of benzene rings is 1. The third-order valence-electron chi connectivity index (χ3n) is 3.45.